The van der Waals surface area contributed by atoms with Crippen molar-refractivity contribution in [3.63, 3.8) is 0 Å². The number of hydrogen-bond donors (Lipinski definition) is 0. The third-order valence-corrected chi connectivity index (χ3v) is 14.8. The Morgan fingerprint density at radius 1 is 0.232 bits per heavy atom. The normalized spacial score (nSPS) is 15.6. The fourth-order valence-electron chi connectivity index (χ4n) is 11.2. The van der Waals surface area contributed by atoms with Gasteiger partial charge in [0.1, 0.15) is 0 Å². The van der Waals surface area contributed by atoms with Crippen LogP contribution in [-0.4, -0.2) is 0 Å². The van der Waals surface area contributed by atoms with Gasteiger partial charge in [0.15, 0.2) is 0 Å². The van der Waals surface area contributed by atoms with Crippen molar-refractivity contribution < 1.29 is 34.3 Å². The maximum absolute atomic E-state index is 9.48. The zero-order valence-electron chi connectivity index (χ0n) is 68.0. The van der Waals surface area contributed by atoms with E-state index in [1.54, 1.807) is 0 Å². The molecule has 0 spiro atoms. The molecular weight excluding hydrogens is 985 g/mol. The van der Waals surface area contributed by atoms with Crippen LogP contribution in [0.1, 0.15) is 47.3 Å². The molecule has 0 nitrogen and oxygen atoms in total. The fraction of sp³-hybridized carbons (Fsp3) is 0.0244. The van der Waals surface area contributed by atoms with Gasteiger partial charge < -0.3 is 0 Å². The number of hydrogen-bond acceptors (Lipinski definition) is 0. The Hall–Kier alpha value is -10.4. The van der Waals surface area contributed by atoms with Gasteiger partial charge >= 0.3 is 0 Å². The Kier molecular flexibility index (Phi) is 7.61. The molecule has 0 aromatic heterocycles. The van der Waals surface area contributed by atoms with Crippen LogP contribution in [0, 0.1) is 6.92 Å². The lowest BCUT2D eigenvalue weighted by Gasteiger charge is -2.19. The van der Waals surface area contributed by atoms with Gasteiger partial charge in [-0.15, -0.1) is 0 Å². The van der Waals surface area contributed by atoms with E-state index in [2.05, 4.69) is 158 Å². The summed E-state index contributed by atoms with van der Waals surface area (Å²) in [5.41, 5.74) is 3.26. The van der Waals surface area contributed by atoms with Crippen LogP contribution in [0.25, 0.3) is 153 Å². The van der Waals surface area contributed by atoms with Crippen molar-refractivity contribution in [2.75, 3.05) is 0 Å². The first-order valence-electron chi connectivity index (χ1n) is 38.6. The molecule has 0 saturated carbocycles. The zero-order chi connectivity index (χ0) is 75.6. The SMILES string of the molecule is C.[2H]c1c([2H])c(-c2c3c([2H])c([2H])c([2H])c([2H])c3c(-c3c([2H])c([2H])c([2H])c4c([2H])c([2H])c([2H])c([2H])c34)c3c([2H])c([2H])c(C)c([2H])c23)c([2H])c([2H])c1-c1c([2H])c([2H])c2c([2H])c([2H])c([2H])c([2H])c2c1[2H].c1ccc2cc(-c3ccc(-c4c5ccccc5c(-c5cccc6ccccc56)c5ccccc45)cc3)ccc2c1. The summed E-state index contributed by atoms with van der Waals surface area (Å²) in [4.78, 5) is 0. The summed E-state index contributed by atoms with van der Waals surface area (Å²) in [5, 5.41) is 5.59. The highest BCUT2D eigenvalue weighted by Crippen LogP contribution is 2.48. The molecule has 82 heavy (non-hydrogen) atoms. The number of rotatable bonds is 6. The van der Waals surface area contributed by atoms with Gasteiger partial charge in [0.25, 0.3) is 0 Å². The maximum Gasteiger partial charge on any atom is 0.0636 e. The highest BCUT2D eigenvalue weighted by atomic mass is 14.2. The average Bonchev–Trinajstić information content (AvgIpc) is 0.687. The molecule has 0 radical (unpaired) electrons. The number of fused-ring (bicyclic) bond motifs is 8. The Labute approximate surface area is 514 Å². The molecule has 0 saturated heterocycles. The molecule has 0 aliphatic heterocycles. The molecule has 0 heterocycles. The molecule has 0 bridgehead atoms. The molecule has 0 fully saturated rings. The fourth-order valence-corrected chi connectivity index (χ4v) is 11.2. The third-order valence-electron chi connectivity index (χ3n) is 14.8. The lowest BCUT2D eigenvalue weighted by atomic mass is 9.84. The quantitative estimate of drug-likeness (QED) is 0.146. The van der Waals surface area contributed by atoms with Gasteiger partial charge in [0.05, 0.1) is 34.3 Å². The molecule has 0 N–H and O–H groups in total. The van der Waals surface area contributed by atoms with Crippen molar-refractivity contribution in [1.29, 1.82) is 0 Å². The third kappa shape index (κ3) is 8.74. The summed E-state index contributed by atoms with van der Waals surface area (Å²) in [6, 6.07) is 36.1. The predicted octanol–water partition coefficient (Wildman–Crippen LogP) is 23.5. The highest BCUT2D eigenvalue weighted by molar-refractivity contribution is 6.25. The minimum absolute atomic E-state index is 0. The lowest BCUT2D eigenvalue weighted by molar-refractivity contribution is 1.51. The Morgan fingerprint density at radius 2 is 0.732 bits per heavy atom. The first kappa shape index (κ1) is 29.7. The lowest BCUT2D eigenvalue weighted by Crippen LogP contribution is -1.92. The van der Waals surface area contributed by atoms with E-state index in [-0.39, 0.29) is 13.0 Å². The molecule has 0 aliphatic carbocycles. The van der Waals surface area contributed by atoms with Crippen molar-refractivity contribution >= 4 is 86.2 Å². The van der Waals surface area contributed by atoms with Crippen LogP contribution >= 0.6 is 0 Å². The predicted molar refractivity (Wildman–Crippen MR) is 357 cm³/mol. The minimum atomic E-state index is -1.01. The summed E-state index contributed by atoms with van der Waals surface area (Å²) in [5.74, 6) is 0. The van der Waals surface area contributed by atoms with Crippen LogP contribution in [0.5, 0.6) is 0 Å². The number of benzene rings is 16. The van der Waals surface area contributed by atoms with E-state index in [9.17, 15) is 12.3 Å². The van der Waals surface area contributed by atoms with E-state index >= 15 is 0 Å². The van der Waals surface area contributed by atoms with Gasteiger partial charge in [-0.2, -0.15) is 0 Å². The second-order valence-corrected chi connectivity index (χ2v) is 19.5. The van der Waals surface area contributed by atoms with Gasteiger partial charge in [-0.05, 0) is 172 Å². The first-order chi connectivity index (χ1) is 50.5. The van der Waals surface area contributed by atoms with Gasteiger partial charge in [0.2, 0.25) is 0 Å². The van der Waals surface area contributed by atoms with E-state index in [1.165, 1.54) is 83.4 Å². The summed E-state index contributed by atoms with van der Waals surface area (Å²) >= 11 is 0. The van der Waals surface area contributed by atoms with Gasteiger partial charge in [0, 0.05) is 0 Å². The van der Waals surface area contributed by atoms with E-state index in [0.29, 0.717) is 0 Å². The summed E-state index contributed by atoms with van der Waals surface area (Å²) in [7, 11) is 0. The van der Waals surface area contributed by atoms with E-state index in [0.717, 1.165) is 0 Å². The van der Waals surface area contributed by atoms with Crippen LogP contribution in [0.2, 0.25) is 0 Å². The molecule has 0 unspecified atom stereocenters. The van der Waals surface area contributed by atoms with Crippen molar-refractivity contribution in [3.8, 4) is 66.8 Å². The van der Waals surface area contributed by atoms with Crippen molar-refractivity contribution in [3.05, 3.63) is 314 Å². The molecule has 0 atom stereocenters. The Bertz CT molecular complexity index is 6470. The van der Waals surface area contributed by atoms with Crippen LogP contribution in [0.15, 0.2) is 309 Å². The molecular formula is C82H58. The molecule has 16 rings (SSSR count). The van der Waals surface area contributed by atoms with Crippen molar-refractivity contribution in [1.82, 2.24) is 0 Å². The molecule has 16 aromatic carbocycles. The zero-order valence-corrected chi connectivity index (χ0v) is 43.0. The molecule has 0 amide bonds. The second-order valence-electron chi connectivity index (χ2n) is 19.5. The summed E-state index contributed by atoms with van der Waals surface area (Å²) in [6.45, 7) is 1.26. The first-order valence-corrected chi connectivity index (χ1v) is 26.1. The summed E-state index contributed by atoms with van der Waals surface area (Å²) < 4.78 is 223. The Balaban J connectivity index is 0.000000199. The van der Waals surface area contributed by atoms with E-state index in [1.807, 2.05) is 0 Å². The largest absolute Gasteiger partial charge is 0.0776 e. The Morgan fingerprint density at radius 3 is 1.46 bits per heavy atom. The molecule has 386 valence electrons. The molecule has 0 aliphatic rings. The van der Waals surface area contributed by atoms with E-state index in [4.69, 9.17) is 21.9 Å². The smallest absolute Gasteiger partial charge is 0.0636 e. The average molecular weight is 1070 g/mol. The highest BCUT2D eigenvalue weighted by Gasteiger charge is 2.20. The van der Waals surface area contributed by atoms with E-state index < -0.39 is 228 Å². The van der Waals surface area contributed by atoms with Gasteiger partial charge in [-0.25, -0.2) is 0 Å². The summed E-state index contributed by atoms with van der Waals surface area (Å²) in [6.07, 6.45) is 0. The van der Waals surface area contributed by atoms with Crippen LogP contribution in [-0.2, 0) is 0 Å². The van der Waals surface area contributed by atoms with Gasteiger partial charge in [-0.1, -0.05) is 310 Å². The molecule has 0 heteroatoms. The van der Waals surface area contributed by atoms with Crippen LogP contribution in [0.4, 0.5) is 0 Å². The molecule has 16 aromatic rings. The second kappa shape index (κ2) is 21.0. The van der Waals surface area contributed by atoms with Crippen molar-refractivity contribution in [2.24, 2.45) is 0 Å². The monoisotopic (exact) mass is 1070 g/mol. The minimum Gasteiger partial charge on any atom is -0.0776 e. The van der Waals surface area contributed by atoms with Crippen LogP contribution in [0.3, 0.4) is 0 Å². The van der Waals surface area contributed by atoms with Gasteiger partial charge in [-0.3, -0.25) is 0 Å². The van der Waals surface area contributed by atoms with Crippen LogP contribution < -0.4 is 0 Å². The maximum atomic E-state index is 9.48. The topological polar surface area (TPSA) is 0 Å². The standard InChI is InChI=1S/C41H28.C40H26.CH4/c1-27-17-24-38-39(25-27)40(31-21-18-29(19-22-31)33-23-20-28-9-2-3-11-32(28)26-33)36-14-6-7-15-37(36)41(38)35-16-8-12-30-10-4-5-13-34(30)35;1-2-12-31-26-32(25-22-27(31)10-1)28-20-23-30(24-21-28)39-35-15-5-7-17-37(35)40(38-18-8-6-16-36(38)39)34-19-9-13-29-11-3-4-14-33(29)34;/h2-26H,1H3;1-26H;1H4/i2D,3D,4D,5D,6D,7D,8D,9D,10D,11D,12D,13D,14D,15D,16D,17D,18D,19D,20D,21D,22D,23D,24D,25D,26D;;. The van der Waals surface area contributed by atoms with Crippen molar-refractivity contribution in [2.45, 2.75) is 14.4 Å².